The second kappa shape index (κ2) is 11.7. The number of amidine groups is 1. The average molecular weight is 415 g/mol. The Balaban J connectivity index is 2.51. The van der Waals surface area contributed by atoms with E-state index in [2.05, 4.69) is 61.5 Å². The third kappa shape index (κ3) is 5.81. The predicted octanol–water partition coefficient (Wildman–Crippen LogP) is 3.32. The zero-order chi connectivity index (χ0) is 22.1. The molecule has 166 valence electrons. The summed E-state index contributed by atoms with van der Waals surface area (Å²) < 4.78 is 0. The second-order valence-corrected chi connectivity index (χ2v) is 7.70. The van der Waals surface area contributed by atoms with Gasteiger partial charge in [-0.15, -0.1) is 0 Å². The average Bonchev–Trinajstić information content (AvgIpc) is 2.85. The first kappa shape index (κ1) is 23.9. The van der Waals surface area contributed by atoms with Crippen LogP contribution in [0.2, 0.25) is 0 Å². The molecule has 1 aliphatic heterocycles. The fourth-order valence-electron chi connectivity index (χ4n) is 3.55. The molecular weight excluding hydrogens is 376 g/mol. The van der Waals surface area contributed by atoms with Crippen molar-refractivity contribution in [2.45, 2.75) is 53.1 Å². The summed E-state index contributed by atoms with van der Waals surface area (Å²) in [5.41, 5.74) is 1.09. The van der Waals surface area contributed by atoms with Crippen molar-refractivity contribution in [2.24, 2.45) is 20.9 Å². The number of guanidine groups is 1. The van der Waals surface area contributed by atoms with E-state index in [1.807, 2.05) is 31.6 Å². The van der Waals surface area contributed by atoms with Gasteiger partial charge in [0.05, 0.1) is 6.34 Å². The van der Waals surface area contributed by atoms with Gasteiger partial charge in [-0.25, -0.2) is 4.99 Å². The largest absolute Gasteiger partial charge is 0.396 e. The van der Waals surface area contributed by atoms with Crippen molar-refractivity contribution in [2.75, 3.05) is 38.3 Å². The number of para-hydroxylation sites is 1. The number of likely N-dealkylation sites (N-methyl/N-ethyl adjacent to an activating group) is 1. The van der Waals surface area contributed by atoms with E-state index < -0.39 is 0 Å². The minimum absolute atomic E-state index is 0.114. The quantitative estimate of drug-likeness (QED) is 0.743. The molecule has 0 aromatic heterocycles. The van der Waals surface area contributed by atoms with Crippen LogP contribution < -0.4 is 4.90 Å². The number of benzene rings is 1. The first-order valence-corrected chi connectivity index (χ1v) is 11.0. The van der Waals surface area contributed by atoms with E-state index in [4.69, 9.17) is 15.0 Å². The van der Waals surface area contributed by atoms with Crippen LogP contribution in [-0.2, 0) is 0 Å². The van der Waals surface area contributed by atoms with E-state index >= 15 is 0 Å². The summed E-state index contributed by atoms with van der Waals surface area (Å²) in [7, 11) is 2.02. The molecule has 0 aliphatic carbocycles. The Labute approximate surface area is 181 Å². The van der Waals surface area contributed by atoms with Crippen molar-refractivity contribution in [3.63, 3.8) is 0 Å². The summed E-state index contributed by atoms with van der Waals surface area (Å²) in [4.78, 5) is 21.0. The molecular formula is C23H38N6O. The highest BCUT2D eigenvalue weighted by Crippen LogP contribution is 2.19. The van der Waals surface area contributed by atoms with Gasteiger partial charge in [-0.2, -0.15) is 4.99 Å². The van der Waals surface area contributed by atoms with Gasteiger partial charge in [0.15, 0.2) is 0 Å². The zero-order valence-corrected chi connectivity index (χ0v) is 19.4. The summed E-state index contributed by atoms with van der Waals surface area (Å²) >= 11 is 0. The molecule has 30 heavy (non-hydrogen) atoms. The van der Waals surface area contributed by atoms with Crippen LogP contribution in [0.25, 0.3) is 0 Å². The number of rotatable bonds is 7. The molecule has 2 rings (SSSR count). The van der Waals surface area contributed by atoms with Crippen LogP contribution in [0, 0.1) is 5.92 Å². The van der Waals surface area contributed by atoms with Gasteiger partial charge < -0.3 is 19.8 Å². The molecule has 0 bridgehead atoms. The number of aliphatic hydroxyl groups excluding tert-OH is 1. The van der Waals surface area contributed by atoms with Gasteiger partial charge >= 0.3 is 0 Å². The molecule has 3 atom stereocenters. The van der Waals surface area contributed by atoms with Crippen molar-refractivity contribution < 1.29 is 5.11 Å². The fraction of sp³-hybridized carbons (Fsp3) is 0.609. The van der Waals surface area contributed by atoms with Gasteiger partial charge in [0.1, 0.15) is 18.5 Å². The Morgan fingerprint density at radius 3 is 2.47 bits per heavy atom. The molecule has 1 N–H and O–H groups in total. The first-order chi connectivity index (χ1) is 14.5. The molecule has 1 aliphatic rings. The second-order valence-electron chi connectivity index (χ2n) is 7.70. The standard InChI is InChI=1S/C23H38N6O/c1-7-20(15-30)19(5)27(6)23-25-17-28(8-2)16-24-18(4)22(26-23)29(9-3)21-13-11-10-12-14-21/h10-14,16,18-20,30H,7-9,15,17H2,1-6H3/t18?,19-,20-/m1/s1. The molecule has 1 heterocycles. The normalized spacial score (nSPS) is 19.2. The highest BCUT2D eigenvalue weighted by Gasteiger charge is 2.25. The lowest BCUT2D eigenvalue weighted by atomic mass is 9.98. The van der Waals surface area contributed by atoms with Crippen LogP contribution in [0.5, 0.6) is 0 Å². The number of hydrogen-bond donors (Lipinski definition) is 1. The Hall–Kier alpha value is -2.41. The molecule has 7 heteroatoms. The topological polar surface area (TPSA) is 67.0 Å². The minimum Gasteiger partial charge on any atom is -0.396 e. The van der Waals surface area contributed by atoms with Crippen molar-refractivity contribution in [1.82, 2.24) is 9.80 Å². The number of nitrogens with zero attached hydrogens (tertiary/aromatic N) is 6. The molecule has 7 nitrogen and oxygen atoms in total. The molecule has 0 saturated carbocycles. The van der Waals surface area contributed by atoms with Crippen molar-refractivity contribution >= 4 is 23.8 Å². The van der Waals surface area contributed by atoms with E-state index in [1.165, 1.54) is 0 Å². The van der Waals surface area contributed by atoms with Gasteiger partial charge in [-0.05, 0) is 46.2 Å². The maximum atomic E-state index is 9.80. The monoisotopic (exact) mass is 414 g/mol. The van der Waals surface area contributed by atoms with E-state index in [0.717, 1.165) is 31.0 Å². The zero-order valence-electron chi connectivity index (χ0n) is 19.4. The number of aliphatic imine (C=N–C) groups is 3. The summed E-state index contributed by atoms with van der Waals surface area (Å²) in [6.45, 7) is 12.8. The first-order valence-electron chi connectivity index (χ1n) is 11.0. The lowest BCUT2D eigenvalue weighted by Gasteiger charge is -2.33. The van der Waals surface area contributed by atoms with Gasteiger partial charge in [0.25, 0.3) is 0 Å². The van der Waals surface area contributed by atoms with E-state index in [-0.39, 0.29) is 24.6 Å². The van der Waals surface area contributed by atoms with Crippen molar-refractivity contribution in [3.05, 3.63) is 30.3 Å². The van der Waals surface area contributed by atoms with Crippen LogP contribution in [0.1, 0.15) is 41.0 Å². The van der Waals surface area contributed by atoms with Crippen LogP contribution >= 0.6 is 0 Å². The van der Waals surface area contributed by atoms with Crippen LogP contribution in [0.15, 0.2) is 45.3 Å². The Morgan fingerprint density at radius 1 is 1.20 bits per heavy atom. The van der Waals surface area contributed by atoms with E-state index in [9.17, 15) is 5.11 Å². The Morgan fingerprint density at radius 2 is 1.90 bits per heavy atom. The van der Waals surface area contributed by atoms with E-state index in [1.54, 1.807) is 0 Å². The van der Waals surface area contributed by atoms with Gasteiger partial charge in [-0.3, -0.25) is 4.99 Å². The lowest BCUT2D eigenvalue weighted by molar-refractivity contribution is 0.159. The van der Waals surface area contributed by atoms with Gasteiger partial charge in [0, 0.05) is 44.4 Å². The molecule has 0 amide bonds. The summed E-state index contributed by atoms with van der Waals surface area (Å²) in [6.07, 6.45) is 2.79. The molecule has 0 spiro atoms. The molecule has 0 fully saturated rings. The SMILES string of the molecule is CC[C@H](CO)[C@@H](C)N(C)C1=NCN(CC)C=NC(C)C(N(CC)c2ccccc2)=N1. The lowest BCUT2D eigenvalue weighted by Crippen LogP contribution is -2.43. The summed E-state index contributed by atoms with van der Waals surface area (Å²) in [5.74, 6) is 1.71. The smallest absolute Gasteiger partial charge is 0.224 e. The maximum absolute atomic E-state index is 9.80. The van der Waals surface area contributed by atoms with Crippen LogP contribution in [0.4, 0.5) is 5.69 Å². The Bertz CT molecular complexity index is 728. The van der Waals surface area contributed by atoms with Crippen molar-refractivity contribution in [3.8, 4) is 0 Å². The van der Waals surface area contributed by atoms with Gasteiger partial charge in [-0.1, -0.05) is 25.1 Å². The number of aliphatic hydroxyl groups is 1. The molecule has 1 aromatic carbocycles. The number of hydrogen-bond acceptors (Lipinski definition) is 7. The fourth-order valence-corrected chi connectivity index (χ4v) is 3.55. The highest BCUT2D eigenvalue weighted by molar-refractivity contribution is 6.08. The third-order valence-corrected chi connectivity index (χ3v) is 5.87. The predicted molar refractivity (Wildman–Crippen MR) is 128 cm³/mol. The Kier molecular flexibility index (Phi) is 9.30. The van der Waals surface area contributed by atoms with Crippen LogP contribution in [-0.4, -0.2) is 78.5 Å². The number of anilines is 1. The van der Waals surface area contributed by atoms with Crippen LogP contribution in [0.3, 0.4) is 0 Å². The highest BCUT2D eigenvalue weighted by atomic mass is 16.3. The van der Waals surface area contributed by atoms with E-state index in [0.29, 0.717) is 12.6 Å². The minimum atomic E-state index is -0.119. The van der Waals surface area contributed by atoms with Gasteiger partial charge in [0.2, 0.25) is 5.96 Å². The molecule has 0 saturated heterocycles. The molecule has 1 aromatic rings. The summed E-state index contributed by atoms with van der Waals surface area (Å²) in [5, 5.41) is 9.80. The maximum Gasteiger partial charge on any atom is 0.224 e. The summed E-state index contributed by atoms with van der Waals surface area (Å²) in [6, 6.07) is 10.3. The molecule has 1 unspecified atom stereocenters. The molecule has 0 radical (unpaired) electrons. The third-order valence-electron chi connectivity index (χ3n) is 5.87. The van der Waals surface area contributed by atoms with Crippen molar-refractivity contribution in [1.29, 1.82) is 0 Å².